The monoisotopic (exact) mass is 322 g/mol. The van der Waals surface area contributed by atoms with Crippen molar-refractivity contribution >= 4 is 16.3 Å². The Balaban J connectivity index is 1.67. The van der Waals surface area contributed by atoms with Crippen molar-refractivity contribution in [3.63, 3.8) is 0 Å². The lowest BCUT2D eigenvalue weighted by atomic mass is 10.1. The van der Waals surface area contributed by atoms with Crippen molar-refractivity contribution in [1.29, 1.82) is 0 Å². The van der Waals surface area contributed by atoms with Crippen molar-refractivity contribution in [3.05, 3.63) is 29.8 Å². The quantitative estimate of drug-likeness (QED) is 0.793. The van der Waals surface area contributed by atoms with Crippen LogP contribution in [0.25, 0.3) is 0 Å². The number of likely N-dealkylation sites (tertiary alicyclic amines) is 1. The van der Waals surface area contributed by atoms with Gasteiger partial charge in [0.15, 0.2) is 0 Å². The van der Waals surface area contributed by atoms with Gasteiger partial charge in [-0.25, -0.2) is 8.42 Å². The van der Waals surface area contributed by atoms with Crippen LogP contribution in [0.2, 0.25) is 0 Å². The number of aldehydes is 1. The molecular formula is C16H22N2O3S. The summed E-state index contributed by atoms with van der Waals surface area (Å²) in [6, 6.07) is 6.68. The van der Waals surface area contributed by atoms with Crippen LogP contribution in [0, 0.1) is 0 Å². The molecule has 0 bridgehead atoms. The van der Waals surface area contributed by atoms with E-state index in [-0.39, 0.29) is 4.90 Å². The second-order valence-electron chi connectivity index (χ2n) is 6.07. The van der Waals surface area contributed by atoms with Crippen molar-refractivity contribution in [2.45, 2.75) is 36.6 Å². The first kappa shape index (κ1) is 15.6. The third-order valence-corrected chi connectivity index (χ3v) is 6.65. The number of sulfonamides is 1. The maximum absolute atomic E-state index is 12.6. The molecule has 22 heavy (non-hydrogen) atoms. The van der Waals surface area contributed by atoms with Crippen LogP contribution in [0.1, 0.15) is 36.0 Å². The lowest BCUT2D eigenvalue weighted by Crippen LogP contribution is -2.45. The number of benzene rings is 1. The molecule has 2 saturated heterocycles. The van der Waals surface area contributed by atoms with Gasteiger partial charge in [0.05, 0.1) is 4.90 Å². The molecule has 2 aliphatic heterocycles. The Morgan fingerprint density at radius 1 is 0.955 bits per heavy atom. The molecule has 0 amide bonds. The molecule has 3 rings (SSSR count). The van der Waals surface area contributed by atoms with Crippen molar-refractivity contribution in [3.8, 4) is 0 Å². The first-order chi connectivity index (χ1) is 10.6. The van der Waals surface area contributed by atoms with E-state index in [0.29, 0.717) is 24.7 Å². The van der Waals surface area contributed by atoms with Crippen LogP contribution in [0.15, 0.2) is 29.2 Å². The van der Waals surface area contributed by atoms with Gasteiger partial charge in [-0.1, -0.05) is 12.1 Å². The summed E-state index contributed by atoms with van der Waals surface area (Å²) in [5, 5.41) is 0. The summed E-state index contributed by atoms with van der Waals surface area (Å²) in [7, 11) is -3.44. The largest absolute Gasteiger partial charge is 0.300 e. The minimum absolute atomic E-state index is 0.276. The van der Waals surface area contributed by atoms with Crippen LogP contribution in [0.4, 0.5) is 0 Å². The molecule has 1 aromatic rings. The summed E-state index contributed by atoms with van der Waals surface area (Å²) in [6.45, 7) is 3.48. The van der Waals surface area contributed by atoms with Gasteiger partial charge in [0.2, 0.25) is 10.0 Å². The van der Waals surface area contributed by atoms with Gasteiger partial charge in [-0.05, 0) is 50.9 Å². The molecule has 0 aromatic heterocycles. The van der Waals surface area contributed by atoms with Gasteiger partial charge < -0.3 is 4.90 Å². The van der Waals surface area contributed by atoms with E-state index >= 15 is 0 Å². The van der Waals surface area contributed by atoms with Gasteiger partial charge in [-0.15, -0.1) is 0 Å². The van der Waals surface area contributed by atoms with Gasteiger partial charge in [0.1, 0.15) is 6.29 Å². The fourth-order valence-corrected chi connectivity index (χ4v) is 4.89. The third-order valence-electron chi connectivity index (χ3n) is 4.73. The van der Waals surface area contributed by atoms with E-state index in [9.17, 15) is 13.2 Å². The van der Waals surface area contributed by atoms with Gasteiger partial charge >= 0.3 is 0 Å². The smallest absolute Gasteiger partial charge is 0.243 e. The fourth-order valence-electron chi connectivity index (χ4n) is 3.42. The predicted molar refractivity (Wildman–Crippen MR) is 84.4 cm³/mol. The molecule has 2 aliphatic rings. The van der Waals surface area contributed by atoms with Gasteiger partial charge in [0, 0.05) is 24.7 Å². The second-order valence-corrected chi connectivity index (χ2v) is 8.00. The summed E-state index contributed by atoms with van der Waals surface area (Å²) in [6.07, 6.45) is 5.07. The zero-order valence-corrected chi connectivity index (χ0v) is 13.5. The first-order valence-electron chi connectivity index (χ1n) is 7.91. The highest BCUT2D eigenvalue weighted by atomic mass is 32.2. The Kier molecular flexibility index (Phi) is 4.61. The molecule has 0 spiro atoms. The van der Waals surface area contributed by atoms with E-state index in [1.165, 1.54) is 25.0 Å². The fraction of sp³-hybridized carbons (Fsp3) is 0.562. The first-order valence-corrected chi connectivity index (χ1v) is 9.35. The molecular weight excluding hydrogens is 300 g/mol. The SMILES string of the molecule is O=Cc1ccc(S(=O)(=O)N2CCC(N3CCCC3)CC2)cc1. The molecule has 6 heteroatoms. The molecule has 0 radical (unpaired) electrons. The summed E-state index contributed by atoms with van der Waals surface area (Å²) in [5.41, 5.74) is 0.492. The highest BCUT2D eigenvalue weighted by Gasteiger charge is 2.32. The molecule has 1 aromatic carbocycles. The molecule has 0 atom stereocenters. The number of hydrogen-bond donors (Lipinski definition) is 0. The van der Waals surface area contributed by atoms with Gasteiger partial charge in [0.25, 0.3) is 0 Å². The third kappa shape index (κ3) is 3.09. The van der Waals surface area contributed by atoms with Crippen molar-refractivity contribution < 1.29 is 13.2 Å². The van der Waals surface area contributed by atoms with Crippen LogP contribution in [0.3, 0.4) is 0 Å². The maximum Gasteiger partial charge on any atom is 0.243 e. The summed E-state index contributed by atoms with van der Waals surface area (Å²) < 4.78 is 26.9. The molecule has 2 fully saturated rings. The van der Waals surface area contributed by atoms with Crippen LogP contribution < -0.4 is 0 Å². The van der Waals surface area contributed by atoms with E-state index in [4.69, 9.17) is 0 Å². The Morgan fingerprint density at radius 3 is 2.09 bits per heavy atom. The van der Waals surface area contributed by atoms with E-state index in [1.807, 2.05) is 0 Å². The molecule has 0 unspecified atom stereocenters. The molecule has 0 N–H and O–H groups in total. The molecule has 0 saturated carbocycles. The summed E-state index contributed by atoms with van der Waals surface area (Å²) >= 11 is 0. The average Bonchev–Trinajstić information content (AvgIpc) is 3.09. The standard InChI is InChI=1S/C16H22N2O3S/c19-13-14-3-5-16(6-4-14)22(20,21)18-11-7-15(8-12-18)17-9-1-2-10-17/h3-6,13,15H,1-2,7-12H2. The van der Waals surface area contributed by atoms with Crippen LogP contribution in [-0.2, 0) is 10.0 Å². The average molecular weight is 322 g/mol. The number of carbonyl (C=O) groups excluding carboxylic acids is 1. The number of rotatable bonds is 4. The van der Waals surface area contributed by atoms with Crippen LogP contribution in [-0.4, -0.2) is 56.1 Å². The van der Waals surface area contributed by atoms with Gasteiger partial charge in [-0.3, -0.25) is 4.79 Å². The van der Waals surface area contributed by atoms with Gasteiger partial charge in [-0.2, -0.15) is 4.31 Å². The van der Waals surface area contributed by atoms with Crippen molar-refractivity contribution in [2.75, 3.05) is 26.2 Å². The lowest BCUT2D eigenvalue weighted by Gasteiger charge is -2.36. The predicted octanol–water partition coefficient (Wildman–Crippen LogP) is 1.75. The topological polar surface area (TPSA) is 57.7 Å². The van der Waals surface area contributed by atoms with Crippen LogP contribution >= 0.6 is 0 Å². The Morgan fingerprint density at radius 2 is 1.55 bits per heavy atom. The Bertz CT molecular complexity index is 613. The van der Waals surface area contributed by atoms with E-state index in [1.54, 1.807) is 16.4 Å². The van der Waals surface area contributed by atoms with Crippen LogP contribution in [0.5, 0.6) is 0 Å². The molecule has 2 heterocycles. The highest BCUT2D eigenvalue weighted by Crippen LogP contribution is 2.25. The number of hydrogen-bond acceptors (Lipinski definition) is 4. The molecule has 120 valence electrons. The zero-order chi connectivity index (χ0) is 15.6. The lowest BCUT2D eigenvalue weighted by molar-refractivity contribution is 0.112. The van der Waals surface area contributed by atoms with E-state index in [0.717, 1.165) is 32.2 Å². The highest BCUT2D eigenvalue weighted by molar-refractivity contribution is 7.89. The molecule has 5 nitrogen and oxygen atoms in total. The Labute approximate surface area is 132 Å². The zero-order valence-electron chi connectivity index (χ0n) is 12.6. The normalized spacial score (nSPS) is 22.0. The summed E-state index contributed by atoms with van der Waals surface area (Å²) in [5.74, 6) is 0. The van der Waals surface area contributed by atoms with E-state index < -0.39 is 10.0 Å². The minimum Gasteiger partial charge on any atom is -0.300 e. The number of carbonyl (C=O) groups is 1. The summed E-state index contributed by atoms with van der Waals surface area (Å²) in [4.78, 5) is 13.4. The second kappa shape index (κ2) is 6.48. The molecule has 0 aliphatic carbocycles. The number of nitrogens with zero attached hydrogens (tertiary/aromatic N) is 2. The maximum atomic E-state index is 12.6. The van der Waals surface area contributed by atoms with Crippen molar-refractivity contribution in [2.24, 2.45) is 0 Å². The van der Waals surface area contributed by atoms with Crippen molar-refractivity contribution in [1.82, 2.24) is 9.21 Å². The van der Waals surface area contributed by atoms with E-state index in [2.05, 4.69) is 4.90 Å². The Hall–Kier alpha value is -1.24. The minimum atomic E-state index is -3.44. The number of piperidine rings is 1.